The van der Waals surface area contributed by atoms with Crippen molar-refractivity contribution in [2.75, 3.05) is 20.3 Å². The summed E-state index contributed by atoms with van der Waals surface area (Å²) in [5.74, 6) is -1.44. The Morgan fingerprint density at radius 3 is 2.27 bits per heavy atom. The van der Waals surface area contributed by atoms with Crippen LogP contribution in [-0.4, -0.2) is 66.4 Å². The Balaban J connectivity index is 1.32. The molecule has 2 N–H and O–H groups in total. The summed E-state index contributed by atoms with van der Waals surface area (Å²) in [6.07, 6.45) is -0.681. The maximum atomic E-state index is 12.7. The van der Waals surface area contributed by atoms with Crippen molar-refractivity contribution in [1.82, 2.24) is 10.2 Å². The lowest BCUT2D eigenvalue weighted by Gasteiger charge is -2.23. The monoisotopic (exact) mass is 452 g/mol. The number of alkyl carbamates (subject to hydrolysis) is 1. The van der Waals surface area contributed by atoms with E-state index in [0.717, 1.165) is 22.3 Å². The topological polar surface area (TPSA) is 105 Å². The second-order valence-electron chi connectivity index (χ2n) is 8.57. The van der Waals surface area contributed by atoms with Crippen LogP contribution in [0, 0.1) is 0 Å². The Morgan fingerprint density at radius 2 is 1.70 bits per heavy atom. The molecule has 3 unspecified atom stereocenters. The Labute approximate surface area is 192 Å². The normalized spacial score (nSPS) is 20.1. The smallest absolute Gasteiger partial charge is 0.407 e. The van der Waals surface area contributed by atoms with E-state index in [1.165, 1.54) is 12.0 Å². The lowest BCUT2D eigenvalue weighted by Crippen LogP contribution is -2.44. The second-order valence-corrected chi connectivity index (χ2v) is 8.57. The first-order valence-electron chi connectivity index (χ1n) is 11.1. The molecule has 2 aromatic rings. The predicted octanol–water partition coefficient (Wildman–Crippen LogP) is 3.00. The zero-order valence-electron chi connectivity index (χ0n) is 18.7. The Kier molecular flexibility index (Phi) is 6.65. The summed E-state index contributed by atoms with van der Waals surface area (Å²) >= 11 is 0. The molecule has 0 aromatic heterocycles. The minimum Gasteiger partial charge on any atom is -0.480 e. The van der Waals surface area contributed by atoms with Crippen molar-refractivity contribution in [2.45, 2.75) is 43.9 Å². The average molecular weight is 453 g/mol. The minimum atomic E-state index is -1.06. The number of hydrogen-bond donors (Lipinski definition) is 2. The number of carboxylic acid groups (broad SMARTS) is 1. The summed E-state index contributed by atoms with van der Waals surface area (Å²) in [6, 6.07) is 14.7. The molecule has 1 heterocycles. The molecule has 8 heteroatoms. The molecule has 2 aliphatic rings. The Morgan fingerprint density at radius 1 is 1.09 bits per heavy atom. The predicted molar refractivity (Wildman–Crippen MR) is 121 cm³/mol. The van der Waals surface area contributed by atoms with Crippen molar-refractivity contribution >= 4 is 18.0 Å². The quantitative estimate of drug-likeness (QED) is 0.669. The van der Waals surface area contributed by atoms with Crippen molar-refractivity contribution in [1.29, 1.82) is 0 Å². The van der Waals surface area contributed by atoms with E-state index >= 15 is 0 Å². The number of fused-ring (bicyclic) bond motifs is 3. The van der Waals surface area contributed by atoms with Gasteiger partial charge in [-0.05, 0) is 29.2 Å². The summed E-state index contributed by atoms with van der Waals surface area (Å²) in [6.45, 7) is 2.10. The van der Waals surface area contributed by atoms with Gasteiger partial charge in [-0.3, -0.25) is 4.79 Å². The fourth-order valence-electron chi connectivity index (χ4n) is 4.75. The number of nitrogens with one attached hydrogen (secondary N) is 1. The highest BCUT2D eigenvalue weighted by atomic mass is 16.5. The Bertz CT molecular complexity index is 1010. The highest BCUT2D eigenvalue weighted by Crippen LogP contribution is 2.44. The molecule has 1 fully saturated rings. The van der Waals surface area contributed by atoms with E-state index in [9.17, 15) is 19.5 Å². The van der Waals surface area contributed by atoms with E-state index in [1.54, 1.807) is 6.92 Å². The minimum absolute atomic E-state index is 0.0234. The van der Waals surface area contributed by atoms with Crippen LogP contribution in [0.25, 0.3) is 11.1 Å². The standard InChI is InChI=1S/C25H28N2O6/c1-15(11-23(28)27-13-16(32-2)12-22(27)24(29)30)26-25(31)33-14-21-19-9-5-3-7-17(19)18-8-4-6-10-20(18)21/h3-10,15-16,21-22H,11-14H2,1-2H3,(H,26,31)(H,29,30). The van der Waals surface area contributed by atoms with Crippen molar-refractivity contribution in [2.24, 2.45) is 0 Å². The maximum Gasteiger partial charge on any atom is 0.407 e. The van der Waals surface area contributed by atoms with Crippen LogP contribution in [0.2, 0.25) is 0 Å². The van der Waals surface area contributed by atoms with E-state index in [4.69, 9.17) is 9.47 Å². The molecular formula is C25H28N2O6. The second kappa shape index (κ2) is 9.62. The van der Waals surface area contributed by atoms with Gasteiger partial charge in [0.1, 0.15) is 12.6 Å². The fourth-order valence-corrected chi connectivity index (χ4v) is 4.75. The van der Waals surface area contributed by atoms with Crippen molar-refractivity contribution < 1.29 is 29.0 Å². The molecule has 8 nitrogen and oxygen atoms in total. The van der Waals surface area contributed by atoms with Crippen molar-refractivity contribution in [3.8, 4) is 11.1 Å². The van der Waals surface area contributed by atoms with Crippen LogP contribution >= 0.6 is 0 Å². The lowest BCUT2D eigenvalue weighted by molar-refractivity contribution is -0.148. The van der Waals surface area contributed by atoms with Crippen LogP contribution in [-0.2, 0) is 19.1 Å². The molecule has 0 bridgehead atoms. The van der Waals surface area contributed by atoms with Gasteiger partial charge < -0.3 is 24.8 Å². The van der Waals surface area contributed by atoms with Gasteiger partial charge in [-0.2, -0.15) is 0 Å². The van der Waals surface area contributed by atoms with Crippen molar-refractivity contribution in [3.63, 3.8) is 0 Å². The van der Waals surface area contributed by atoms with Gasteiger partial charge >= 0.3 is 12.1 Å². The maximum absolute atomic E-state index is 12.7. The molecule has 174 valence electrons. The molecular weight excluding hydrogens is 424 g/mol. The highest BCUT2D eigenvalue weighted by molar-refractivity contribution is 5.85. The number of carbonyl (C=O) groups is 3. The molecule has 0 spiro atoms. The van der Waals surface area contributed by atoms with Crippen LogP contribution in [0.15, 0.2) is 48.5 Å². The molecule has 0 radical (unpaired) electrons. The first kappa shape index (κ1) is 22.8. The van der Waals surface area contributed by atoms with E-state index < -0.39 is 24.1 Å². The Hall–Kier alpha value is -3.39. The number of amides is 2. The third-order valence-corrected chi connectivity index (χ3v) is 6.39. The molecule has 3 atom stereocenters. The van der Waals surface area contributed by atoms with Gasteiger partial charge in [0, 0.05) is 38.5 Å². The molecule has 0 saturated carbocycles. The van der Waals surface area contributed by atoms with Gasteiger partial charge in [0.2, 0.25) is 5.91 Å². The van der Waals surface area contributed by atoms with Gasteiger partial charge in [-0.25, -0.2) is 9.59 Å². The molecule has 1 saturated heterocycles. The van der Waals surface area contributed by atoms with Gasteiger partial charge in [-0.1, -0.05) is 48.5 Å². The zero-order valence-corrected chi connectivity index (χ0v) is 18.7. The molecule has 1 aliphatic carbocycles. The molecule has 2 amide bonds. The number of hydrogen-bond acceptors (Lipinski definition) is 5. The number of rotatable bonds is 7. The number of likely N-dealkylation sites (tertiary alicyclic amines) is 1. The zero-order chi connectivity index (χ0) is 23.5. The summed E-state index contributed by atoms with van der Waals surface area (Å²) in [5.41, 5.74) is 4.54. The number of carboxylic acids is 1. The molecule has 33 heavy (non-hydrogen) atoms. The lowest BCUT2D eigenvalue weighted by atomic mass is 9.98. The van der Waals surface area contributed by atoms with Gasteiger partial charge in [0.15, 0.2) is 0 Å². The highest BCUT2D eigenvalue weighted by Gasteiger charge is 2.40. The van der Waals surface area contributed by atoms with Crippen molar-refractivity contribution in [3.05, 3.63) is 59.7 Å². The van der Waals surface area contributed by atoms with E-state index in [2.05, 4.69) is 17.4 Å². The van der Waals surface area contributed by atoms with Crippen LogP contribution in [0.1, 0.15) is 36.8 Å². The summed E-state index contributed by atoms with van der Waals surface area (Å²) in [4.78, 5) is 37.9. The van der Waals surface area contributed by atoms with Crippen LogP contribution in [0.3, 0.4) is 0 Å². The number of aliphatic carboxylic acids is 1. The van der Waals surface area contributed by atoms with E-state index in [-0.39, 0.29) is 43.9 Å². The van der Waals surface area contributed by atoms with Gasteiger partial charge in [-0.15, -0.1) is 0 Å². The molecule has 2 aromatic carbocycles. The van der Waals surface area contributed by atoms with E-state index in [0.29, 0.717) is 0 Å². The SMILES string of the molecule is COC1CC(C(=O)O)N(C(=O)CC(C)NC(=O)OCC2c3ccccc3-c3ccccc32)C1. The van der Waals surface area contributed by atoms with Gasteiger partial charge in [0.05, 0.1) is 6.10 Å². The number of benzene rings is 2. The first-order valence-corrected chi connectivity index (χ1v) is 11.1. The molecule has 4 rings (SSSR count). The number of ether oxygens (including phenoxy) is 2. The van der Waals surface area contributed by atoms with Crippen LogP contribution in [0.5, 0.6) is 0 Å². The summed E-state index contributed by atoms with van der Waals surface area (Å²) < 4.78 is 10.7. The fraction of sp³-hybridized carbons (Fsp3) is 0.400. The van der Waals surface area contributed by atoms with Crippen LogP contribution in [0.4, 0.5) is 4.79 Å². The van der Waals surface area contributed by atoms with Crippen LogP contribution < -0.4 is 5.32 Å². The van der Waals surface area contributed by atoms with Gasteiger partial charge in [0.25, 0.3) is 0 Å². The molecule has 1 aliphatic heterocycles. The van der Waals surface area contributed by atoms with E-state index in [1.807, 2.05) is 36.4 Å². The summed E-state index contributed by atoms with van der Waals surface area (Å²) in [5, 5.41) is 12.1. The number of carbonyl (C=O) groups excluding carboxylic acids is 2. The largest absolute Gasteiger partial charge is 0.480 e. The third kappa shape index (κ3) is 4.71. The average Bonchev–Trinajstić information content (AvgIpc) is 3.38. The summed E-state index contributed by atoms with van der Waals surface area (Å²) in [7, 11) is 1.50. The third-order valence-electron chi connectivity index (χ3n) is 6.39. The first-order chi connectivity index (χ1) is 15.9. The number of methoxy groups -OCH3 is 1. The number of nitrogens with zero attached hydrogens (tertiary/aromatic N) is 1.